The highest BCUT2D eigenvalue weighted by molar-refractivity contribution is 5.94. The molecule has 0 saturated heterocycles. The van der Waals surface area contributed by atoms with E-state index in [9.17, 15) is 0 Å². The van der Waals surface area contributed by atoms with Crippen molar-refractivity contribution in [1.29, 1.82) is 0 Å². The molecular formula is C31H27N5. The van der Waals surface area contributed by atoms with Crippen LogP contribution in [0.2, 0.25) is 0 Å². The lowest BCUT2D eigenvalue weighted by molar-refractivity contribution is 1.19. The molecule has 0 unspecified atom stereocenters. The van der Waals surface area contributed by atoms with Gasteiger partial charge in [-0.2, -0.15) is 0 Å². The normalized spacial score (nSPS) is 11.6. The van der Waals surface area contributed by atoms with Gasteiger partial charge < -0.3 is 0 Å². The molecule has 5 aromatic heterocycles. The molecule has 0 bridgehead atoms. The number of fused-ring (bicyclic) bond motifs is 3. The maximum atomic E-state index is 5.15. The Labute approximate surface area is 210 Å². The summed E-state index contributed by atoms with van der Waals surface area (Å²) < 4.78 is 0. The highest BCUT2D eigenvalue weighted by Crippen LogP contribution is 2.35. The third kappa shape index (κ3) is 3.34. The van der Waals surface area contributed by atoms with E-state index in [0.717, 1.165) is 77.8 Å². The molecular weight excluding hydrogens is 442 g/mol. The van der Waals surface area contributed by atoms with E-state index in [-0.39, 0.29) is 0 Å². The van der Waals surface area contributed by atoms with Crippen LogP contribution < -0.4 is 0 Å². The predicted octanol–water partition coefficient (Wildman–Crippen LogP) is 7.31. The highest BCUT2D eigenvalue weighted by atomic mass is 14.8. The average molecular weight is 470 g/mol. The van der Waals surface area contributed by atoms with Gasteiger partial charge in [-0.3, -0.25) is 19.9 Å². The lowest BCUT2D eigenvalue weighted by Gasteiger charge is -2.15. The second-order valence-corrected chi connectivity index (χ2v) is 9.73. The first-order valence-electron chi connectivity index (χ1n) is 12.2. The van der Waals surface area contributed by atoms with Crippen molar-refractivity contribution < 1.29 is 0 Å². The van der Waals surface area contributed by atoms with Crippen LogP contribution in [-0.2, 0) is 0 Å². The van der Waals surface area contributed by atoms with Gasteiger partial charge in [0.05, 0.1) is 33.5 Å². The van der Waals surface area contributed by atoms with Gasteiger partial charge in [-0.1, -0.05) is 0 Å². The molecule has 0 fully saturated rings. The van der Waals surface area contributed by atoms with Crippen LogP contribution in [0, 0.1) is 41.5 Å². The van der Waals surface area contributed by atoms with Crippen LogP contribution in [0.4, 0.5) is 0 Å². The molecule has 176 valence electrons. The van der Waals surface area contributed by atoms with Crippen LogP contribution in [-0.4, -0.2) is 24.9 Å². The molecule has 0 spiro atoms. The average Bonchev–Trinajstić information content (AvgIpc) is 2.86. The summed E-state index contributed by atoms with van der Waals surface area (Å²) in [5.74, 6) is 0. The largest absolute Gasteiger partial charge is 0.259 e. The van der Waals surface area contributed by atoms with Crippen molar-refractivity contribution >= 4 is 32.8 Å². The van der Waals surface area contributed by atoms with E-state index in [1.165, 1.54) is 10.9 Å². The molecule has 0 radical (unpaired) electrons. The smallest absolute Gasteiger partial charge is 0.0932 e. The Kier molecular flexibility index (Phi) is 5.04. The van der Waals surface area contributed by atoms with Crippen molar-refractivity contribution in [3.8, 4) is 22.4 Å². The maximum Gasteiger partial charge on any atom is 0.0932 e. The minimum absolute atomic E-state index is 0.915. The molecule has 0 atom stereocenters. The number of hydrogen-bond donors (Lipinski definition) is 0. The van der Waals surface area contributed by atoms with Crippen molar-refractivity contribution in [2.24, 2.45) is 0 Å². The molecule has 5 heterocycles. The van der Waals surface area contributed by atoms with E-state index >= 15 is 0 Å². The summed E-state index contributed by atoms with van der Waals surface area (Å²) in [6, 6.07) is 10.6. The standard InChI is InChI=1S/C31H27N5/c1-16-7-9-33-28-17(2)11-22(13-24(16)28)25-14-34-29-18(3)12-27(36-30(29)20(25)5)26-15-35-31-21(6)32-10-8-23(31)19(26)4/h7-15H,1-6H3. The van der Waals surface area contributed by atoms with Gasteiger partial charge in [0.1, 0.15) is 0 Å². The maximum absolute atomic E-state index is 5.15. The number of hydrogen-bond acceptors (Lipinski definition) is 5. The predicted molar refractivity (Wildman–Crippen MR) is 147 cm³/mol. The molecule has 0 aliphatic rings. The zero-order chi connectivity index (χ0) is 25.1. The van der Waals surface area contributed by atoms with E-state index in [4.69, 9.17) is 15.0 Å². The summed E-state index contributed by atoms with van der Waals surface area (Å²) in [5.41, 5.74) is 14.7. The SMILES string of the molecule is Cc1ccnc2c(C)cc(-c3cnc4c(C)cc(-c5cnc6c(C)nccc6c5C)nc4c3C)cc12. The van der Waals surface area contributed by atoms with Crippen LogP contribution in [0.3, 0.4) is 0 Å². The first kappa shape index (κ1) is 22.2. The molecule has 1 aromatic carbocycles. The van der Waals surface area contributed by atoms with Crippen molar-refractivity contribution in [1.82, 2.24) is 24.9 Å². The zero-order valence-electron chi connectivity index (χ0n) is 21.4. The molecule has 5 heteroatoms. The fraction of sp³-hybridized carbons (Fsp3) is 0.194. The van der Waals surface area contributed by atoms with Gasteiger partial charge in [0.15, 0.2) is 0 Å². The number of aryl methyl sites for hydroxylation is 6. The van der Waals surface area contributed by atoms with Gasteiger partial charge in [-0.25, -0.2) is 4.98 Å². The van der Waals surface area contributed by atoms with E-state index < -0.39 is 0 Å². The van der Waals surface area contributed by atoms with Gasteiger partial charge in [0, 0.05) is 46.7 Å². The van der Waals surface area contributed by atoms with Crippen LogP contribution in [0.15, 0.2) is 55.1 Å². The van der Waals surface area contributed by atoms with Crippen LogP contribution in [0.25, 0.3) is 55.2 Å². The minimum Gasteiger partial charge on any atom is -0.259 e. The zero-order valence-corrected chi connectivity index (χ0v) is 21.4. The highest BCUT2D eigenvalue weighted by Gasteiger charge is 2.16. The van der Waals surface area contributed by atoms with Crippen molar-refractivity contribution in [2.75, 3.05) is 0 Å². The molecule has 5 nitrogen and oxygen atoms in total. The van der Waals surface area contributed by atoms with Gasteiger partial charge >= 0.3 is 0 Å². The summed E-state index contributed by atoms with van der Waals surface area (Å²) in [7, 11) is 0. The van der Waals surface area contributed by atoms with Crippen molar-refractivity contribution in [2.45, 2.75) is 41.5 Å². The summed E-state index contributed by atoms with van der Waals surface area (Å²) >= 11 is 0. The Morgan fingerprint density at radius 3 is 2.08 bits per heavy atom. The number of benzene rings is 1. The number of rotatable bonds is 2. The fourth-order valence-electron chi connectivity index (χ4n) is 5.25. The van der Waals surface area contributed by atoms with E-state index in [2.05, 4.69) is 68.9 Å². The molecule has 0 saturated carbocycles. The lowest BCUT2D eigenvalue weighted by Crippen LogP contribution is -1.99. The summed E-state index contributed by atoms with van der Waals surface area (Å²) in [5, 5.41) is 2.28. The Morgan fingerprint density at radius 2 is 1.25 bits per heavy atom. The Morgan fingerprint density at radius 1 is 0.528 bits per heavy atom. The molecule has 0 aliphatic heterocycles. The first-order valence-corrected chi connectivity index (χ1v) is 12.2. The Balaban J connectivity index is 1.58. The van der Waals surface area contributed by atoms with Crippen molar-refractivity contribution in [3.05, 3.63) is 88.6 Å². The monoisotopic (exact) mass is 469 g/mol. The molecule has 0 aliphatic carbocycles. The van der Waals surface area contributed by atoms with Gasteiger partial charge in [0.2, 0.25) is 0 Å². The minimum atomic E-state index is 0.915. The third-order valence-corrected chi connectivity index (χ3v) is 7.34. The molecule has 6 rings (SSSR count). The quantitative estimate of drug-likeness (QED) is 0.266. The van der Waals surface area contributed by atoms with Gasteiger partial charge in [0.25, 0.3) is 0 Å². The summed E-state index contributed by atoms with van der Waals surface area (Å²) in [6.07, 6.45) is 7.63. The third-order valence-electron chi connectivity index (χ3n) is 7.34. The molecule has 36 heavy (non-hydrogen) atoms. The second-order valence-electron chi connectivity index (χ2n) is 9.73. The van der Waals surface area contributed by atoms with E-state index in [1.807, 2.05) is 37.8 Å². The number of pyridine rings is 5. The first-order chi connectivity index (χ1) is 17.3. The number of nitrogens with zero attached hydrogens (tertiary/aromatic N) is 5. The fourth-order valence-corrected chi connectivity index (χ4v) is 5.25. The van der Waals surface area contributed by atoms with E-state index in [0.29, 0.717) is 0 Å². The Bertz CT molecular complexity index is 1850. The van der Waals surface area contributed by atoms with Crippen LogP contribution in [0.1, 0.15) is 33.5 Å². The molecule has 6 aromatic rings. The van der Waals surface area contributed by atoms with Crippen LogP contribution in [0.5, 0.6) is 0 Å². The van der Waals surface area contributed by atoms with Crippen LogP contribution >= 0.6 is 0 Å². The lowest BCUT2D eigenvalue weighted by atomic mass is 9.95. The topological polar surface area (TPSA) is 64.5 Å². The summed E-state index contributed by atoms with van der Waals surface area (Å²) in [4.78, 5) is 23.8. The number of aromatic nitrogens is 5. The summed E-state index contributed by atoms with van der Waals surface area (Å²) in [6.45, 7) is 12.6. The molecule has 0 N–H and O–H groups in total. The van der Waals surface area contributed by atoms with Crippen molar-refractivity contribution in [3.63, 3.8) is 0 Å². The van der Waals surface area contributed by atoms with Gasteiger partial charge in [-0.15, -0.1) is 0 Å². The second kappa shape index (κ2) is 8.16. The van der Waals surface area contributed by atoms with Gasteiger partial charge in [-0.05, 0) is 105 Å². The van der Waals surface area contributed by atoms with E-state index in [1.54, 1.807) is 0 Å². The Hall–Kier alpha value is -4.25. The molecule has 0 amide bonds.